The molecule has 0 aromatic rings. The maximum Gasteiger partial charge on any atom is 0.143 e. The van der Waals surface area contributed by atoms with Crippen molar-refractivity contribution in [2.24, 2.45) is 5.92 Å². The molecule has 2 atom stereocenters. The van der Waals surface area contributed by atoms with E-state index in [0.29, 0.717) is 0 Å². The van der Waals surface area contributed by atoms with Crippen LogP contribution in [0.4, 0.5) is 0 Å². The lowest BCUT2D eigenvalue weighted by Crippen LogP contribution is -2.14. The Balaban J connectivity index is 3.48. The van der Waals surface area contributed by atoms with Gasteiger partial charge in [0.25, 0.3) is 0 Å². The number of nitrogens with zero attached hydrogens (tertiary/aromatic N) is 1. The number of hydrogen-bond acceptors (Lipinski definition) is 2. The lowest BCUT2D eigenvalue weighted by Gasteiger charge is -2.09. The molecule has 52 valence electrons. The van der Waals surface area contributed by atoms with Gasteiger partial charge >= 0.3 is 0 Å². The quantitative estimate of drug-likeness (QED) is 0.581. The molecule has 0 aromatic carbocycles. The van der Waals surface area contributed by atoms with Crippen LogP contribution in [0.1, 0.15) is 26.7 Å². The van der Waals surface area contributed by atoms with Crippen LogP contribution >= 0.6 is 0 Å². The molecule has 0 fully saturated rings. The zero-order chi connectivity index (χ0) is 7.28. The smallest absolute Gasteiger partial charge is 0.143 e. The van der Waals surface area contributed by atoms with Crippen molar-refractivity contribution in [3.05, 3.63) is 0 Å². The van der Waals surface area contributed by atoms with Crippen LogP contribution in [0.5, 0.6) is 0 Å². The van der Waals surface area contributed by atoms with Crippen LogP contribution in [0.15, 0.2) is 0 Å². The second-order valence-electron chi connectivity index (χ2n) is 2.34. The van der Waals surface area contributed by atoms with Crippen molar-refractivity contribution in [1.82, 2.24) is 0 Å². The Bertz CT molecular complexity index is 106. The Hall–Kier alpha value is -0.550. The summed E-state index contributed by atoms with van der Waals surface area (Å²) >= 11 is 0. The predicted octanol–water partition coefficient (Wildman–Crippen LogP) is 1.31. The van der Waals surface area contributed by atoms with E-state index in [1.165, 1.54) is 0 Å². The Labute approximate surface area is 56.1 Å². The summed E-state index contributed by atoms with van der Waals surface area (Å²) in [5.41, 5.74) is 0. The lowest BCUT2D eigenvalue weighted by atomic mass is 10.0. The molecule has 0 saturated heterocycles. The van der Waals surface area contributed by atoms with E-state index in [4.69, 9.17) is 10.4 Å². The third-order valence-electron chi connectivity index (χ3n) is 1.42. The van der Waals surface area contributed by atoms with Crippen LogP contribution in [0, 0.1) is 17.2 Å². The van der Waals surface area contributed by atoms with Crippen molar-refractivity contribution < 1.29 is 5.11 Å². The number of rotatable bonds is 3. The van der Waals surface area contributed by atoms with Gasteiger partial charge in [0, 0.05) is 0 Å². The highest BCUT2D eigenvalue weighted by Gasteiger charge is 2.10. The maximum absolute atomic E-state index is 8.90. The summed E-state index contributed by atoms with van der Waals surface area (Å²) in [6.45, 7) is 3.93. The van der Waals surface area contributed by atoms with Crippen LogP contribution in [0.2, 0.25) is 0 Å². The van der Waals surface area contributed by atoms with Gasteiger partial charge in [0.15, 0.2) is 0 Å². The van der Waals surface area contributed by atoms with Crippen LogP contribution < -0.4 is 0 Å². The monoisotopic (exact) mass is 127 g/mol. The molecule has 1 N–H and O–H groups in total. The molecule has 0 radical (unpaired) electrons. The normalized spacial score (nSPS) is 16.2. The molecular formula is C7H13NO. The van der Waals surface area contributed by atoms with Gasteiger partial charge in [0.2, 0.25) is 0 Å². The van der Waals surface area contributed by atoms with Crippen LogP contribution in [0.3, 0.4) is 0 Å². The number of hydrogen-bond donors (Lipinski definition) is 1. The summed E-state index contributed by atoms with van der Waals surface area (Å²) in [5.74, 6) is 0.125. The predicted molar refractivity (Wildman–Crippen MR) is 35.7 cm³/mol. The van der Waals surface area contributed by atoms with Crippen LogP contribution in [-0.2, 0) is 0 Å². The van der Waals surface area contributed by atoms with Crippen molar-refractivity contribution >= 4 is 0 Å². The summed E-state index contributed by atoms with van der Waals surface area (Å²) in [6, 6.07) is 1.81. The fourth-order valence-electron chi connectivity index (χ4n) is 0.740. The summed E-state index contributed by atoms with van der Waals surface area (Å²) in [5, 5.41) is 17.1. The fourth-order valence-corrected chi connectivity index (χ4v) is 0.740. The Morgan fingerprint density at radius 1 is 1.67 bits per heavy atom. The molecule has 0 rings (SSSR count). The van der Waals surface area contributed by atoms with Gasteiger partial charge in [0.1, 0.15) is 6.10 Å². The van der Waals surface area contributed by atoms with Crippen molar-refractivity contribution in [2.75, 3.05) is 0 Å². The summed E-state index contributed by atoms with van der Waals surface area (Å²) in [4.78, 5) is 0. The fraction of sp³-hybridized carbons (Fsp3) is 0.857. The van der Waals surface area contributed by atoms with E-state index in [9.17, 15) is 0 Å². The Morgan fingerprint density at radius 3 is 2.56 bits per heavy atom. The van der Waals surface area contributed by atoms with E-state index in [0.717, 1.165) is 12.8 Å². The number of aliphatic hydroxyl groups excluding tert-OH is 1. The standard InChI is InChI=1S/C7H13NO/c1-3-4-6(2)7(9)5-8/h6-7,9H,3-4H2,1-2H3/t6-,7?/m0/s1. The highest BCUT2D eigenvalue weighted by molar-refractivity contribution is 4.85. The minimum atomic E-state index is -0.773. The second kappa shape index (κ2) is 4.34. The summed E-state index contributed by atoms with van der Waals surface area (Å²) in [6.07, 6.45) is 1.18. The molecule has 9 heavy (non-hydrogen) atoms. The van der Waals surface area contributed by atoms with Crippen molar-refractivity contribution in [1.29, 1.82) is 5.26 Å². The second-order valence-corrected chi connectivity index (χ2v) is 2.34. The van der Waals surface area contributed by atoms with E-state index >= 15 is 0 Å². The molecule has 0 aliphatic rings. The number of aliphatic hydroxyl groups is 1. The van der Waals surface area contributed by atoms with Crippen molar-refractivity contribution in [3.8, 4) is 6.07 Å². The molecule has 1 unspecified atom stereocenters. The largest absolute Gasteiger partial charge is 0.378 e. The zero-order valence-corrected chi connectivity index (χ0v) is 5.96. The van der Waals surface area contributed by atoms with E-state index in [-0.39, 0.29) is 5.92 Å². The highest BCUT2D eigenvalue weighted by Crippen LogP contribution is 2.08. The minimum absolute atomic E-state index is 0.125. The van der Waals surface area contributed by atoms with Crippen LogP contribution in [-0.4, -0.2) is 11.2 Å². The molecule has 0 amide bonds. The molecule has 0 saturated carbocycles. The third-order valence-corrected chi connectivity index (χ3v) is 1.42. The molecule has 2 heteroatoms. The molecule has 2 nitrogen and oxygen atoms in total. The number of nitriles is 1. The first-order chi connectivity index (χ1) is 4.22. The first-order valence-electron chi connectivity index (χ1n) is 3.30. The Morgan fingerprint density at radius 2 is 2.22 bits per heavy atom. The lowest BCUT2D eigenvalue weighted by molar-refractivity contribution is 0.163. The maximum atomic E-state index is 8.90. The van der Waals surface area contributed by atoms with Gasteiger partial charge in [-0.1, -0.05) is 20.3 Å². The Kier molecular flexibility index (Phi) is 4.08. The van der Waals surface area contributed by atoms with Crippen LogP contribution in [0.25, 0.3) is 0 Å². The van der Waals surface area contributed by atoms with Gasteiger partial charge in [-0.3, -0.25) is 0 Å². The summed E-state index contributed by atoms with van der Waals surface area (Å²) < 4.78 is 0. The molecule has 0 aliphatic heterocycles. The zero-order valence-electron chi connectivity index (χ0n) is 5.96. The van der Waals surface area contributed by atoms with Gasteiger partial charge in [-0.2, -0.15) is 5.26 Å². The van der Waals surface area contributed by atoms with E-state index in [1.54, 1.807) is 6.07 Å². The first-order valence-corrected chi connectivity index (χ1v) is 3.30. The average Bonchev–Trinajstić information content (AvgIpc) is 1.87. The molecule has 0 bridgehead atoms. The molecule has 0 spiro atoms. The van der Waals surface area contributed by atoms with Gasteiger partial charge in [-0.15, -0.1) is 0 Å². The van der Waals surface area contributed by atoms with Crippen molar-refractivity contribution in [2.45, 2.75) is 32.8 Å². The van der Waals surface area contributed by atoms with E-state index in [1.807, 2.05) is 13.8 Å². The van der Waals surface area contributed by atoms with Gasteiger partial charge in [-0.25, -0.2) is 0 Å². The average molecular weight is 127 g/mol. The topological polar surface area (TPSA) is 44.0 Å². The molecule has 0 heterocycles. The van der Waals surface area contributed by atoms with Gasteiger partial charge < -0.3 is 5.11 Å². The SMILES string of the molecule is CCC[C@H](C)C(O)C#N. The van der Waals surface area contributed by atoms with Gasteiger partial charge in [-0.05, 0) is 12.3 Å². The molecule has 0 aliphatic carbocycles. The summed E-state index contributed by atoms with van der Waals surface area (Å²) in [7, 11) is 0. The van der Waals surface area contributed by atoms with Crippen molar-refractivity contribution in [3.63, 3.8) is 0 Å². The van der Waals surface area contributed by atoms with Gasteiger partial charge in [0.05, 0.1) is 6.07 Å². The first kappa shape index (κ1) is 8.45. The molecule has 0 aromatic heterocycles. The molecular weight excluding hydrogens is 114 g/mol. The minimum Gasteiger partial charge on any atom is -0.378 e. The van der Waals surface area contributed by atoms with E-state index < -0.39 is 6.10 Å². The van der Waals surface area contributed by atoms with E-state index in [2.05, 4.69) is 0 Å². The third kappa shape index (κ3) is 3.10. The highest BCUT2D eigenvalue weighted by atomic mass is 16.3.